The minimum Gasteiger partial charge on any atom is -0.406 e. The van der Waals surface area contributed by atoms with Crippen molar-refractivity contribution in [3.8, 4) is 5.75 Å². The molecule has 1 saturated heterocycles. The van der Waals surface area contributed by atoms with Gasteiger partial charge in [0.1, 0.15) is 16.7 Å². The summed E-state index contributed by atoms with van der Waals surface area (Å²) in [4.78, 5) is 33.0. The molecule has 1 atom stereocenters. The molecule has 0 aliphatic carbocycles. The maximum Gasteiger partial charge on any atom is 0.573 e. The fourth-order valence-corrected chi connectivity index (χ4v) is 4.14. The molecule has 2 aromatic rings. The third-order valence-electron chi connectivity index (χ3n) is 5.70. The number of carbonyl (C=O) groups excluding carboxylic acids is 2. The van der Waals surface area contributed by atoms with Crippen LogP contribution < -0.4 is 15.1 Å². The van der Waals surface area contributed by atoms with Gasteiger partial charge in [-0.25, -0.2) is 10.5 Å². The van der Waals surface area contributed by atoms with Crippen LogP contribution in [0.2, 0.25) is 5.15 Å². The third-order valence-corrected chi connectivity index (χ3v) is 5.91. The molecule has 2 N–H and O–H groups in total. The predicted molar refractivity (Wildman–Crippen MR) is 122 cm³/mol. The van der Waals surface area contributed by atoms with E-state index in [-0.39, 0.29) is 18.1 Å². The van der Waals surface area contributed by atoms with E-state index in [1.165, 1.54) is 24.3 Å². The first-order valence-electron chi connectivity index (χ1n) is 11.1. The molecule has 3 rings (SSSR count). The molecule has 190 valence electrons. The second-order valence-electron chi connectivity index (χ2n) is 8.15. The Morgan fingerprint density at radius 3 is 2.40 bits per heavy atom. The molecular formula is C23H26ClF3N4O4. The molecule has 0 radical (unpaired) electrons. The van der Waals surface area contributed by atoms with E-state index in [9.17, 15) is 22.8 Å². The summed E-state index contributed by atoms with van der Waals surface area (Å²) in [6.45, 7) is 2.02. The van der Waals surface area contributed by atoms with Crippen molar-refractivity contribution in [2.45, 2.75) is 32.0 Å². The summed E-state index contributed by atoms with van der Waals surface area (Å²) in [5.74, 6) is -1.04. The number of nitrogens with one attached hydrogen (secondary N) is 1. The second-order valence-corrected chi connectivity index (χ2v) is 8.54. The van der Waals surface area contributed by atoms with Gasteiger partial charge in [0.25, 0.3) is 0 Å². The maximum atomic E-state index is 13.2. The lowest BCUT2D eigenvalue weighted by atomic mass is 9.94. The minimum atomic E-state index is -4.75. The van der Waals surface area contributed by atoms with E-state index in [0.29, 0.717) is 50.6 Å². The molecule has 0 saturated carbocycles. The summed E-state index contributed by atoms with van der Waals surface area (Å²) in [7, 11) is 0. The molecule has 1 aromatic heterocycles. The van der Waals surface area contributed by atoms with Gasteiger partial charge in [-0.05, 0) is 49.1 Å². The number of hydrogen-bond acceptors (Lipinski definition) is 6. The Morgan fingerprint density at radius 2 is 1.80 bits per heavy atom. The largest absolute Gasteiger partial charge is 0.573 e. The van der Waals surface area contributed by atoms with Gasteiger partial charge in [0.05, 0.1) is 0 Å². The van der Waals surface area contributed by atoms with Crippen LogP contribution >= 0.6 is 11.6 Å². The summed E-state index contributed by atoms with van der Waals surface area (Å²) in [5, 5.41) is 9.32. The maximum absolute atomic E-state index is 13.2. The molecule has 35 heavy (non-hydrogen) atoms. The first kappa shape index (κ1) is 26.6. The molecule has 2 amide bonds. The van der Waals surface area contributed by atoms with Crippen molar-refractivity contribution in [1.29, 1.82) is 0 Å². The van der Waals surface area contributed by atoms with Crippen molar-refractivity contribution in [3.05, 3.63) is 53.2 Å². The SMILES string of the molecule is O=C(C[C@@H](CCCc1ccc(OC(F)(F)F)cc1)C(=O)N1CCN(c2cccc(Cl)n2)CC1)NO. The number of piperazine rings is 1. The number of anilines is 1. The van der Waals surface area contributed by atoms with Gasteiger partial charge >= 0.3 is 6.36 Å². The van der Waals surface area contributed by atoms with Crippen LogP contribution in [0.4, 0.5) is 19.0 Å². The van der Waals surface area contributed by atoms with E-state index in [4.69, 9.17) is 16.8 Å². The number of nitrogens with zero attached hydrogens (tertiary/aromatic N) is 3. The Labute approximate surface area is 205 Å². The monoisotopic (exact) mass is 514 g/mol. The van der Waals surface area contributed by atoms with Crippen molar-refractivity contribution >= 4 is 29.2 Å². The van der Waals surface area contributed by atoms with Crippen molar-refractivity contribution in [3.63, 3.8) is 0 Å². The standard InChI is InChI=1S/C23H26ClF3N4O4/c24-19-5-2-6-20(28-19)30-11-13-31(14-12-30)22(33)17(15-21(32)29-34)4-1-3-16-7-9-18(10-8-16)35-23(25,26)27/h2,5-10,17,34H,1,3-4,11-15H2,(H,29,32)/t17-/m1/s1. The van der Waals surface area contributed by atoms with Gasteiger partial charge in [0.15, 0.2) is 0 Å². The van der Waals surface area contributed by atoms with Gasteiger partial charge in [-0.1, -0.05) is 29.8 Å². The van der Waals surface area contributed by atoms with Crippen LogP contribution in [0.15, 0.2) is 42.5 Å². The van der Waals surface area contributed by atoms with Crippen molar-refractivity contribution in [1.82, 2.24) is 15.4 Å². The predicted octanol–water partition coefficient (Wildman–Crippen LogP) is 3.82. The normalized spacial score (nSPS) is 15.0. The minimum absolute atomic E-state index is 0.163. The zero-order chi connectivity index (χ0) is 25.4. The molecule has 1 fully saturated rings. The number of ether oxygens (including phenoxy) is 1. The molecule has 2 heterocycles. The summed E-state index contributed by atoms with van der Waals surface area (Å²) in [5.41, 5.74) is 2.35. The summed E-state index contributed by atoms with van der Waals surface area (Å²) in [6, 6.07) is 10.9. The van der Waals surface area contributed by atoms with Gasteiger partial charge in [-0.3, -0.25) is 14.8 Å². The third kappa shape index (κ3) is 8.29. The quantitative estimate of drug-likeness (QED) is 0.300. The number of aromatic nitrogens is 1. The Kier molecular flexibility index (Phi) is 9.16. The smallest absolute Gasteiger partial charge is 0.406 e. The zero-order valence-electron chi connectivity index (χ0n) is 18.8. The lowest BCUT2D eigenvalue weighted by molar-refractivity contribution is -0.274. The number of amides is 2. The van der Waals surface area contributed by atoms with Crippen LogP contribution in [-0.2, 0) is 16.0 Å². The molecule has 1 aliphatic heterocycles. The van der Waals surface area contributed by atoms with Crippen LogP contribution in [0.1, 0.15) is 24.8 Å². The molecule has 1 aliphatic rings. The van der Waals surface area contributed by atoms with Gasteiger partial charge in [0.2, 0.25) is 11.8 Å². The highest BCUT2D eigenvalue weighted by Crippen LogP contribution is 2.24. The molecule has 0 bridgehead atoms. The van der Waals surface area contributed by atoms with Crippen molar-refractivity contribution in [2.24, 2.45) is 5.92 Å². The lowest BCUT2D eigenvalue weighted by Crippen LogP contribution is -2.51. The highest BCUT2D eigenvalue weighted by molar-refractivity contribution is 6.29. The average molecular weight is 515 g/mol. The fourth-order valence-electron chi connectivity index (χ4n) is 3.98. The highest BCUT2D eigenvalue weighted by atomic mass is 35.5. The number of benzene rings is 1. The Bertz CT molecular complexity index is 999. The molecule has 0 spiro atoms. The van der Waals surface area contributed by atoms with E-state index in [2.05, 4.69) is 9.72 Å². The Balaban J connectivity index is 1.54. The first-order valence-corrected chi connectivity index (χ1v) is 11.5. The number of hydrogen-bond donors (Lipinski definition) is 2. The number of hydroxylamine groups is 1. The van der Waals surface area contributed by atoms with Crippen LogP contribution in [0, 0.1) is 5.92 Å². The lowest BCUT2D eigenvalue weighted by Gasteiger charge is -2.37. The van der Waals surface area contributed by atoms with Gasteiger partial charge in [0, 0.05) is 38.5 Å². The number of halogens is 4. The van der Waals surface area contributed by atoms with E-state index >= 15 is 0 Å². The van der Waals surface area contributed by atoms with Gasteiger partial charge in [-0.15, -0.1) is 13.2 Å². The van der Waals surface area contributed by atoms with Crippen LogP contribution in [0.3, 0.4) is 0 Å². The summed E-state index contributed by atoms with van der Waals surface area (Å²) < 4.78 is 40.8. The molecule has 0 unspecified atom stereocenters. The summed E-state index contributed by atoms with van der Waals surface area (Å²) in [6.07, 6.45) is -3.50. The van der Waals surface area contributed by atoms with Crippen LogP contribution in [0.25, 0.3) is 0 Å². The van der Waals surface area contributed by atoms with E-state index in [0.717, 1.165) is 11.4 Å². The molecule has 1 aromatic carbocycles. The summed E-state index contributed by atoms with van der Waals surface area (Å²) >= 11 is 5.96. The van der Waals surface area contributed by atoms with Crippen molar-refractivity contribution in [2.75, 3.05) is 31.1 Å². The first-order chi connectivity index (χ1) is 16.6. The number of rotatable bonds is 9. The number of aryl methyl sites for hydroxylation is 1. The van der Waals surface area contributed by atoms with E-state index in [1.807, 2.05) is 17.0 Å². The van der Waals surface area contributed by atoms with Crippen LogP contribution in [0.5, 0.6) is 5.75 Å². The number of pyridine rings is 1. The zero-order valence-corrected chi connectivity index (χ0v) is 19.6. The molecular weight excluding hydrogens is 489 g/mol. The fraction of sp³-hybridized carbons (Fsp3) is 0.435. The van der Waals surface area contributed by atoms with Gasteiger partial charge in [-0.2, -0.15) is 0 Å². The van der Waals surface area contributed by atoms with E-state index in [1.54, 1.807) is 16.4 Å². The molecule has 8 nitrogen and oxygen atoms in total. The average Bonchev–Trinajstić information content (AvgIpc) is 2.83. The van der Waals surface area contributed by atoms with Gasteiger partial charge < -0.3 is 14.5 Å². The van der Waals surface area contributed by atoms with E-state index < -0.39 is 18.2 Å². The topological polar surface area (TPSA) is 95.0 Å². The van der Waals surface area contributed by atoms with Crippen molar-refractivity contribution < 1.29 is 32.7 Å². The number of alkyl halides is 3. The highest BCUT2D eigenvalue weighted by Gasteiger charge is 2.31. The molecule has 12 heteroatoms. The Morgan fingerprint density at radius 1 is 1.11 bits per heavy atom. The van der Waals surface area contributed by atoms with Crippen LogP contribution in [-0.4, -0.2) is 59.4 Å². The Hall–Kier alpha value is -3.05. The second kappa shape index (κ2) is 12.1. The number of carbonyl (C=O) groups is 2.